The van der Waals surface area contributed by atoms with Gasteiger partial charge in [0, 0.05) is 24.6 Å². The number of carbonyl (C=O) groups is 2. The van der Waals surface area contributed by atoms with Crippen molar-refractivity contribution in [2.75, 3.05) is 0 Å². The third-order valence-corrected chi connectivity index (χ3v) is 5.23. The Kier molecular flexibility index (Phi) is 6.12. The number of aryl methyl sites for hydroxylation is 1. The van der Waals surface area contributed by atoms with Gasteiger partial charge in [-0.3, -0.25) is 14.6 Å². The van der Waals surface area contributed by atoms with E-state index in [0.29, 0.717) is 11.1 Å². The Bertz CT molecular complexity index is 926. The first kappa shape index (κ1) is 20.1. The zero-order valence-corrected chi connectivity index (χ0v) is 15.9. The number of Topliss-reactive ketones (excluding diaryl/α,β-unsaturated/α-hetero) is 2. The highest BCUT2D eigenvalue weighted by atomic mass is 19.1. The monoisotopic (exact) mass is 383 g/mol. The van der Waals surface area contributed by atoms with Crippen LogP contribution in [0, 0.1) is 24.5 Å². The van der Waals surface area contributed by atoms with Gasteiger partial charge in [0.05, 0.1) is 0 Å². The molecular weight excluding hydrogens is 360 g/mol. The zero-order chi connectivity index (χ0) is 20.3. The summed E-state index contributed by atoms with van der Waals surface area (Å²) in [5, 5.41) is 0. The lowest BCUT2D eigenvalue weighted by molar-refractivity contribution is -0.136. The number of allylic oxidation sites excluding steroid dienone is 1. The van der Waals surface area contributed by atoms with E-state index < -0.39 is 23.2 Å². The summed E-state index contributed by atoms with van der Waals surface area (Å²) in [5.74, 6) is -1.98. The van der Waals surface area contributed by atoms with E-state index in [0.717, 1.165) is 25.7 Å². The summed E-state index contributed by atoms with van der Waals surface area (Å²) < 4.78 is 28.5. The van der Waals surface area contributed by atoms with Gasteiger partial charge in [-0.1, -0.05) is 18.2 Å². The fraction of sp³-hybridized carbons (Fsp3) is 0.348. The van der Waals surface area contributed by atoms with Crippen molar-refractivity contribution < 1.29 is 18.4 Å². The Labute approximate surface area is 163 Å². The molecule has 2 aromatic rings. The molecule has 3 rings (SSSR count). The molecule has 0 bridgehead atoms. The topological polar surface area (TPSA) is 47.0 Å². The number of pyridine rings is 1. The predicted molar refractivity (Wildman–Crippen MR) is 104 cm³/mol. The maximum Gasteiger partial charge on any atom is 0.202 e. The number of hydrogen-bond acceptors (Lipinski definition) is 3. The molecule has 0 aliphatic heterocycles. The average Bonchev–Trinajstić information content (AvgIpc) is 2.64. The van der Waals surface area contributed by atoms with Crippen LogP contribution in [0.4, 0.5) is 8.78 Å². The number of rotatable bonds is 6. The number of aromatic nitrogens is 1. The van der Waals surface area contributed by atoms with Crippen LogP contribution in [0.25, 0.3) is 11.3 Å². The van der Waals surface area contributed by atoms with E-state index in [1.807, 2.05) is 0 Å². The van der Waals surface area contributed by atoms with Crippen molar-refractivity contribution in [3.8, 4) is 11.3 Å². The number of halogens is 2. The van der Waals surface area contributed by atoms with Gasteiger partial charge in [0.1, 0.15) is 17.3 Å². The molecule has 1 aromatic heterocycles. The van der Waals surface area contributed by atoms with Crippen LogP contribution in [0.5, 0.6) is 0 Å². The Balaban J connectivity index is 1.66. The first-order chi connectivity index (χ1) is 13.3. The summed E-state index contributed by atoms with van der Waals surface area (Å²) in [4.78, 5) is 28.4. The molecule has 0 saturated heterocycles. The van der Waals surface area contributed by atoms with Crippen molar-refractivity contribution in [3.05, 3.63) is 65.4 Å². The third kappa shape index (κ3) is 4.77. The lowest BCUT2D eigenvalue weighted by Gasteiger charge is -2.22. The minimum Gasteiger partial charge on any atom is -0.291 e. The Morgan fingerprint density at radius 2 is 1.82 bits per heavy atom. The maximum absolute atomic E-state index is 14.5. The average molecular weight is 383 g/mol. The lowest BCUT2D eigenvalue weighted by atomic mass is 9.83. The molecule has 0 radical (unpaired) electrons. The molecule has 0 unspecified atom stereocenters. The molecule has 1 heterocycles. The molecule has 5 heteroatoms. The van der Waals surface area contributed by atoms with Crippen LogP contribution in [-0.2, 0) is 16.0 Å². The van der Waals surface area contributed by atoms with Gasteiger partial charge in [0.25, 0.3) is 0 Å². The van der Waals surface area contributed by atoms with Crippen molar-refractivity contribution in [2.24, 2.45) is 5.92 Å². The number of carbonyl (C=O) groups excluding carboxylic acids is 2. The van der Waals surface area contributed by atoms with E-state index in [2.05, 4.69) is 11.6 Å². The van der Waals surface area contributed by atoms with Crippen molar-refractivity contribution >= 4 is 11.6 Å². The summed E-state index contributed by atoms with van der Waals surface area (Å²) in [6, 6.07) is 5.40. The van der Waals surface area contributed by atoms with Gasteiger partial charge in [0.2, 0.25) is 5.78 Å². The first-order valence-corrected chi connectivity index (χ1v) is 9.47. The van der Waals surface area contributed by atoms with Crippen LogP contribution in [0.1, 0.15) is 43.2 Å². The van der Waals surface area contributed by atoms with Crippen LogP contribution in [0.15, 0.2) is 42.6 Å². The zero-order valence-electron chi connectivity index (χ0n) is 15.9. The van der Waals surface area contributed by atoms with Crippen LogP contribution in [0.3, 0.4) is 0 Å². The lowest BCUT2D eigenvalue weighted by Crippen LogP contribution is -2.21. The maximum atomic E-state index is 14.5. The fourth-order valence-electron chi connectivity index (χ4n) is 3.54. The Hall–Kier alpha value is -2.69. The van der Waals surface area contributed by atoms with Gasteiger partial charge in [0.15, 0.2) is 5.78 Å². The van der Waals surface area contributed by atoms with Gasteiger partial charge in [-0.2, -0.15) is 0 Å². The normalized spacial score (nSPS) is 14.9. The van der Waals surface area contributed by atoms with Crippen molar-refractivity contribution in [2.45, 2.75) is 45.4 Å². The molecular formula is C23H23F2NO2. The third-order valence-electron chi connectivity index (χ3n) is 5.23. The van der Waals surface area contributed by atoms with Crippen LogP contribution < -0.4 is 0 Å². The number of benzene rings is 1. The van der Waals surface area contributed by atoms with E-state index in [4.69, 9.17) is 0 Å². The van der Waals surface area contributed by atoms with Gasteiger partial charge in [-0.05, 0) is 67.9 Å². The van der Waals surface area contributed by atoms with Crippen LogP contribution >= 0.6 is 0 Å². The molecule has 0 amide bonds. The van der Waals surface area contributed by atoms with Crippen molar-refractivity contribution in [1.82, 2.24) is 4.98 Å². The van der Waals surface area contributed by atoms with E-state index in [1.54, 1.807) is 6.92 Å². The van der Waals surface area contributed by atoms with Gasteiger partial charge >= 0.3 is 0 Å². The molecule has 28 heavy (non-hydrogen) atoms. The van der Waals surface area contributed by atoms with Gasteiger partial charge in [-0.25, -0.2) is 8.78 Å². The number of hydrogen-bond donors (Lipinski definition) is 0. The summed E-state index contributed by atoms with van der Waals surface area (Å²) in [6.45, 7) is 5.65. The van der Waals surface area contributed by atoms with Crippen molar-refractivity contribution in [1.29, 1.82) is 0 Å². The quantitative estimate of drug-likeness (QED) is 0.512. The minimum absolute atomic E-state index is 0.0301. The molecule has 0 N–H and O–H groups in total. The molecule has 3 nitrogen and oxygen atoms in total. The second-order valence-electron chi connectivity index (χ2n) is 7.58. The van der Waals surface area contributed by atoms with E-state index >= 15 is 0 Å². The summed E-state index contributed by atoms with van der Waals surface area (Å²) >= 11 is 0. The molecule has 1 fully saturated rings. The molecule has 0 atom stereocenters. The summed E-state index contributed by atoms with van der Waals surface area (Å²) in [5.41, 5.74) is 2.19. The highest BCUT2D eigenvalue weighted by Crippen LogP contribution is 2.30. The van der Waals surface area contributed by atoms with E-state index in [1.165, 1.54) is 36.0 Å². The van der Waals surface area contributed by atoms with Crippen LogP contribution in [0.2, 0.25) is 0 Å². The van der Waals surface area contributed by atoms with E-state index in [9.17, 15) is 18.4 Å². The second kappa shape index (κ2) is 8.55. The molecule has 1 saturated carbocycles. The largest absolute Gasteiger partial charge is 0.291 e. The minimum atomic E-state index is -0.668. The number of nitrogens with zero attached hydrogens (tertiary/aromatic N) is 1. The summed E-state index contributed by atoms with van der Waals surface area (Å²) in [7, 11) is 0. The van der Waals surface area contributed by atoms with Crippen molar-refractivity contribution in [3.63, 3.8) is 0 Å². The SMILES string of the molecule is C=C1CCC(CC(=O)C(=O)Cc2ccc(-c3ncc(C)cc3F)c(F)c2)CC1. The molecule has 0 spiro atoms. The Morgan fingerprint density at radius 1 is 1.11 bits per heavy atom. The molecule has 1 aliphatic rings. The van der Waals surface area contributed by atoms with Gasteiger partial charge < -0.3 is 0 Å². The fourth-order valence-corrected chi connectivity index (χ4v) is 3.54. The van der Waals surface area contributed by atoms with Gasteiger partial charge in [-0.15, -0.1) is 0 Å². The highest BCUT2D eigenvalue weighted by molar-refractivity contribution is 6.37. The summed E-state index contributed by atoms with van der Waals surface area (Å²) in [6.07, 6.45) is 5.14. The predicted octanol–water partition coefficient (Wildman–Crippen LogP) is 5.15. The Morgan fingerprint density at radius 3 is 2.46 bits per heavy atom. The van der Waals surface area contributed by atoms with E-state index in [-0.39, 0.29) is 30.0 Å². The molecule has 1 aromatic carbocycles. The standard InChI is InChI=1S/C23H23F2NO2/c1-14-3-5-16(6-4-14)11-21(27)22(28)12-17-7-8-18(19(24)10-17)23-20(25)9-15(2)13-26-23/h7-10,13,16H,1,3-6,11-12H2,2H3. The molecule has 1 aliphatic carbocycles. The van der Waals surface area contributed by atoms with Crippen LogP contribution in [-0.4, -0.2) is 16.6 Å². The smallest absolute Gasteiger partial charge is 0.202 e. The highest BCUT2D eigenvalue weighted by Gasteiger charge is 2.23. The molecule has 146 valence electrons. The number of ketones is 2. The second-order valence-corrected chi connectivity index (χ2v) is 7.58. The first-order valence-electron chi connectivity index (χ1n) is 9.47.